The van der Waals surface area contributed by atoms with E-state index >= 15 is 0 Å². The normalized spacial score (nSPS) is 11.6. The molecular formula is C19H28FN5. The van der Waals surface area contributed by atoms with Crippen molar-refractivity contribution in [1.82, 2.24) is 19.8 Å². The highest BCUT2D eigenvalue weighted by atomic mass is 19.1. The van der Waals surface area contributed by atoms with Crippen LogP contribution in [0.25, 0.3) is 0 Å². The Morgan fingerprint density at radius 2 is 2.20 bits per heavy atom. The standard InChI is InChI=1S/C19H28FN5/c1-4-21-19(24(3)15-17-8-7-9-18(20)14-17)23-10-5-6-12-25-13-11-22-16(25)2/h7-9,11,13-14H,4-6,10,12,15H2,1-3H3,(H,21,23). The summed E-state index contributed by atoms with van der Waals surface area (Å²) in [6.45, 7) is 7.23. The number of unbranched alkanes of at least 4 members (excludes halogenated alkanes) is 1. The number of nitrogens with one attached hydrogen (secondary N) is 1. The number of benzene rings is 1. The lowest BCUT2D eigenvalue weighted by atomic mass is 10.2. The van der Waals surface area contributed by atoms with Crippen LogP contribution in [0.5, 0.6) is 0 Å². The number of guanidine groups is 1. The first kappa shape index (κ1) is 19.0. The van der Waals surface area contributed by atoms with E-state index in [-0.39, 0.29) is 5.82 Å². The van der Waals surface area contributed by atoms with Crippen molar-refractivity contribution in [2.45, 2.75) is 39.8 Å². The summed E-state index contributed by atoms with van der Waals surface area (Å²) in [6.07, 6.45) is 5.92. The predicted molar refractivity (Wildman–Crippen MR) is 100 cm³/mol. The van der Waals surface area contributed by atoms with E-state index < -0.39 is 0 Å². The average Bonchev–Trinajstić information content (AvgIpc) is 2.98. The highest BCUT2D eigenvalue weighted by Gasteiger charge is 2.07. The lowest BCUT2D eigenvalue weighted by Gasteiger charge is -2.22. The van der Waals surface area contributed by atoms with Crippen LogP contribution in [0, 0.1) is 12.7 Å². The molecule has 0 bridgehead atoms. The molecular weight excluding hydrogens is 317 g/mol. The second-order valence-electron chi connectivity index (χ2n) is 6.10. The van der Waals surface area contributed by atoms with Gasteiger partial charge in [0.05, 0.1) is 0 Å². The third-order valence-corrected chi connectivity index (χ3v) is 4.00. The summed E-state index contributed by atoms with van der Waals surface area (Å²) < 4.78 is 15.5. The number of imidazole rings is 1. The maximum atomic E-state index is 13.3. The topological polar surface area (TPSA) is 45.5 Å². The maximum Gasteiger partial charge on any atom is 0.193 e. The van der Waals surface area contributed by atoms with Crippen molar-refractivity contribution in [3.63, 3.8) is 0 Å². The number of halogens is 1. The Kier molecular flexibility index (Phi) is 7.44. The van der Waals surface area contributed by atoms with Crippen LogP contribution in [0.4, 0.5) is 4.39 Å². The van der Waals surface area contributed by atoms with Gasteiger partial charge in [-0.05, 0) is 44.4 Å². The Morgan fingerprint density at radius 3 is 2.88 bits per heavy atom. The molecule has 0 radical (unpaired) electrons. The zero-order valence-electron chi connectivity index (χ0n) is 15.4. The Bertz CT molecular complexity index is 680. The van der Waals surface area contributed by atoms with Gasteiger partial charge in [-0.25, -0.2) is 9.37 Å². The average molecular weight is 345 g/mol. The van der Waals surface area contributed by atoms with Gasteiger partial charge >= 0.3 is 0 Å². The summed E-state index contributed by atoms with van der Waals surface area (Å²) in [7, 11) is 1.97. The highest BCUT2D eigenvalue weighted by Crippen LogP contribution is 2.07. The zero-order chi connectivity index (χ0) is 18.1. The first-order valence-corrected chi connectivity index (χ1v) is 8.81. The van der Waals surface area contributed by atoms with Crippen LogP contribution >= 0.6 is 0 Å². The molecule has 1 aromatic heterocycles. The maximum absolute atomic E-state index is 13.3. The molecule has 0 aliphatic rings. The van der Waals surface area contributed by atoms with Gasteiger partial charge in [0.25, 0.3) is 0 Å². The number of nitrogens with zero attached hydrogens (tertiary/aromatic N) is 4. The number of aromatic nitrogens is 2. The number of hydrogen-bond acceptors (Lipinski definition) is 2. The molecule has 0 amide bonds. The van der Waals surface area contributed by atoms with Gasteiger partial charge in [0.15, 0.2) is 5.96 Å². The molecule has 0 spiro atoms. The Morgan fingerprint density at radius 1 is 1.36 bits per heavy atom. The molecule has 25 heavy (non-hydrogen) atoms. The van der Waals surface area contributed by atoms with Gasteiger partial charge in [-0.1, -0.05) is 12.1 Å². The van der Waals surface area contributed by atoms with Gasteiger partial charge in [0, 0.05) is 45.6 Å². The summed E-state index contributed by atoms with van der Waals surface area (Å²) >= 11 is 0. The highest BCUT2D eigenvalue weighted by molar-refractivity contribution is 5.79. The number of aryl methyl sites for hydroxylation is 2. The van der Waals surface area contributed by atoms with Crippen LogP contribution < -0.4 is 5.32 Å². The van der Waals surface area contributed by atoms with E-state index in [1.54, 1.807) is 12.1 Å². The Hall–Kier alpha value is -2.37. The first-order valence-electron chi connectivity index (χ1n) is 8.81. The van der Waals surface area contributed by atoms with E-state index in [9.17, 15) is 4.39 Å². The van der Waals surface area contributed by atoms with Crippen molar-refractivity contribution in [3.05, 3.63) is 53.9 Å². The van der Waals surface area contributed by atoms with Crippen LogP contribution in [0.3, 0.4) is 0 Å². The fourth-order valence-electron chi connectivity index (χ4n) is 2.67. The van der Waals surface area contributed by atoms with Crippen LogP contribution in [0.1, 0.15) is 31.2 Å². The minimum absolute atomic E-state index is 0.206. The summed E-state index contributed by atoms with van der Waals surface area (Å²) in [5, 5.41) is 3.30. The quantitative estimate of drug-likeness (QED) is 0.454. The summed E-state index contributed by atoms with van der Waals surface area (Å²) in [5.74, 6) is 1.69. The number of hydrogen-bond donors (Lipinski definition) is 1. The molecule has 0 fully saturated rings. The molecule has 0 aliphatic carbocycles. The molecule has 136 valence electrons. The zero-order valence-corrected chi connectivity index (χ0v) is 15.4. The minimum Gasteiger partial charge on any atom is -0.357 e. The van der Waals surface area contributed by atoms with Gasteiger partial charge in [0.1, 0.15) is 11.6 Å². The predicted octanol–water partition coefficient (Wildman–Crippen LogP) is 3.21. The van der Waals surface area contributed by atoms with Crippen LogP contribution in [-0.2, 0) is 13.1 Å². The first-order chi connectivity index (χ1) is 12.1. The van der Waals surface area contributed by atoms with Crippen molar-refractivity contribution >= 4 is 5.96 Å². The lowest BCUT2D eigenvalue weighted by Crippen LogP contribution is -2.38. The molecule has 0 unspecified atom stereocenters. The van der Waals surface area contributed by atoms with E-state index in [1.807, 2.05) is 44.3 Å². The molecule has 2 aromatic rings. The Labute approximate surface area is 149 Å². The summed E-state index contributed by atoms with van der Waals surface area (Å²) in [6, 6.07) is 6.69. The molecule has 5 nitrogen and oxygen atoms in total. The van der Waals surface area contributed by atoms with Crippen LogP contribution in [0.2, 0.25) is 0 Å². The van der Waals surface area contributed by atoms with Crippen LogP contribution in [-0.4, -0.2) is 40.5 Å². The Balaban J connectivity index is 1.83. The summed E-state index contributed by atoms with van der Waals surface area (Å²) in [5.41, 5.74) is 0.934. The molecule has 0 aliphatic heterocycles. The van der Waals surface area contributed by atoms with Gasteiger partial charge in [0.2, 0.25) is 0 Å². The van der Waals surface area contributed by atoms with Gasteiger partial charge in [-0.15, -0.1) is 0 Å². The molecule has 0 saturated heterocycles. The molecule has 1 heterocycles. The second-order valence-corrected chi connectivity index (χ2v) is 6.10. The second kappa shape index (κ2) is 9.81. The van der Waals surface area contributed by atoms with Crippen molar-refractivity contribution in [2.75, 3.05) is 20.1 Å². The third-order valence-electron chi connectivity index (χ3n) is 4.00. The fourth-order valence-corrected chi connectivity index (χ4v) is 2.67. The van der Waals surface area contributed by atoms with Gasteiger partial charge in [-0.3, -0.25) is 4.99 Å². The van der Waals surface area contributed by atoms with Crippen LogP contribution in [0.15, 0.2) is 41.7 Å². The molecule has 0 atom stereocenters. The van der Waals surface area contributed by atoms with Crippen molar-refractivity contribution in [3.8, 4) is 0 Å². The summed E-state index contributed by atoms with van der Waals surface area (Å²) in [4.78, 5) is 10.9. The van der Waals surface area contributed by atoms with Crippen molar-refractivity contribution in [1.29, 1.82) is 0 Å². The van der Waals surface area contributed by atoms with E-state index in [2.05, 4.69) is 19.9 Å². The third kappa shape index (κ3) is 6.21. The smallest absolute Gasteiger partial charge is 0.193 e. The fraction of sp³-hybridized carbons (Fsp3) is 0.474. The monoisotopic (exact) mass is 345 g/mol. The lowest BCUT2D eigenvalue weighted by molar-refractivity contribution is 0.473. The van der Waals surface area contributed by atoms with Crippen molar-refractivity contribution in [2.24, 2.45) is 4.99 Å². The van der Waals surface area contributed by atoms with Gasteiger partial charge < -0.3 is 14.8 Å². The van der Waals surface area contributed by atoms with E-state index in [4.69, 9.17) is 0 Å². The van der Waals surface area contributed by atoms with Crippen molar-refractivity contribution < 1.29 is 4.39 Å². The van der Waals surface area contributed by atoms with E-state index in [1.165, 1.54) is 6.07 Å². The van der Waals surface area contributed by atoms with E-state index in [0.29, 0.717) is 6.54 Å². The molecule has 0 saturated carbocycles. The molecule has 2 rings (SSSR count). The minimum atomic E-state index is -0.206. The number of aliphatic imine (C=N–C) groups is 1. The molecule has 6 heteroatoms. The van der Waals surface area contributed by atoms with E-state index in [0.717, 1.165) is 49.8 Å². The SMILES string of the molecule is CCNC(=NCCCCn1ccnc1C)N(C)Cc1cccc(F)c1. The largest absolute Gasteiger partial charge is 0.357 e. The number of rotatable bonds is 8. The van der Waals surface area contributed by atoms with Gasteiger partial charge in [-0.2, -0.15) is 0 Å². The molecule has 1 N–H and O–H groups in total. The molecule has 1 aromatic carbocycles.